The van der Waals surface area contributed by atoms with Crippen molar-refractivity contribution in [1.82, 2.24) is 9.88 Å². The molecule has 0 radical (unpaired) electrons. The molecular weight excluding hydrogens is 446 g/mol. The molecule has 0 saturated carbocycles. The molecule has 3 heterocycles. The van der Waals surface area contributed by atoms with Gasteiger partial charge in [-0.15, -0.1) is 0 Å². The van der Waals surface area contributed by atoms with E-state index in [0.29, 0.717) is 57.9 Å². The highest BCUT2D eigenvalue weighted by Crippen LogP contribution is 2.30. The number of amides is 1. The van der Waals surface area contributed by atoms with Crippen molar-refractivity contribution in [3.63, 3.8) is 0 Å². The number of fused-ring (bicyclic) bond motifs is 1. The van der Waals surface area contributed by atoms with E-state index < -0.39 is 10.0 Å². The molecule has 33 heavy (non-hydrogen) atoms. The lowest BCUT2D eigenvalue weighted by molar-refractivity contribution is -0.119. The summed E-state index contributed by atoms with van der Waals surface area (Å²) >= 11 is 0. The van der Waals surface area contributed by atoms with Crippen LogP contribution in [0.2, 0.25) is 0 Å². The van der Waals surface area contributed by atoms with Crippen LogP contribution in [-0.4, -0.2) is 76.1 Å². The molecule has 1 aromatic heterocycles. The smallest absolute Gasteiger partial charge is 0.339 e. The van der Waals surface area contributed by atoms with Gasteiger partial charge in [0.05, 0.1) is 23.6 Å². The first-order valence-corrected chi connectivity index (χ1v) is 12.4. The van der Waals surface area contributed by atoms with Crippen molar-refractivity contribution in [3.05, 3.63) is 47.7 Å². The first-order chi connectivity index (χ1) is 15.8. The SMILES string of the molecule is CCOC(=O)c1ccc(N2CCN(CC(=O)N3CCc4cc(S(N)(=O)=O)ccc43)CC2)nc1. The largest absolute Gasteiger partial charge is 0.462 e. The number of carbonyl (C=O) groups excluding carboxylic acids is 2. The second-order valence-corrected chi connectivity index (χ2v) is 9.58. The maximum atomic E-state index is 12.9. The van der Waals surface area contributed by atoms with Crippen LogP contribution in [0.25, 0.3) is 0 Å². The Bertz CT molecular complexity index is 1140. The van der Waals surface area contributed by atoms with E-state index in [0.717, 1.165) is 17.1 Å². The number of benzene rings is 1. The number of primary sulfonamides is 1. The van der Waals surface area contributed by atoms with Gasteiger partial charge >= 0.3 is 5.97 Å². The zero-order valence-electron chi connectivity index (χ0n) is 18.4. The van der Waals surface area contributed by atoms with Gasteiger partial charge in [-0.2, -0.15) is 0 Å². The number of nitrogens with two attached hydrogens (primary N) is 1. The van der Waals surface area contributed by atoms with E-state index in [4.69, 9.17) is 9.88 Å². The van der Waals surface area contributed by atoms with E-state index in [2.05, 4.69) is 14.8 Å². The number of piperazine rings is 1. The van der Waals surface area contributed by atoms with E-state index in [1.54, 1.807) is 30.0 Å². The predicted octanol–water partition coefficient (Wildman–Crippen LogP) is 0.617. The topological polar surface area (TPSA) is 126 Å². The summed E-state index contributed by atoms with van der Waals surface area (Å²) in [6, 6.07) is 8.17. The number of esters is 1. The summed E-state index contributed by atoms with van der Waals surface area (Å²) in [6.07, 6.45) is 2.13. The van der Waals surface area contributed by atoms with Crippen molar-refractivity contribution in [2.24, 2.45) is 5.14 Å². The van der Waals surface area contributed by atoms with Crippen molar-refractivity contribution < 1.29 is 22.7 Å². The van der Waals surface area contributed by atoms with Gasteiger partial charge in [0, 0.05) is 44.6 Å². The standard InChI is InChI=1S/C22H27N5O5S/c1-2-32-22(29)17-3-6-20(24-14-17)26-11-9-25(10-12-26)15-21(28)27-8-7-16-13-18(33(23,30)31)4-5-19(16)27/h3-6,13-14H,2,7-12,15H2,1H3,(H2,23,30,31). The van der Waals surface area contributed by atoms with Crippen LogP contribution in [0.5, 0.6) is 0 Å². The molecule has 1 amide bonds. The highest BCUT2D eigenvalue weighted by molar-refractivity contribution is 7.89. The van der Waals surface area contributed by atoms with Gasteiger partial charge in [-0.1, -0.05) is 0 Å². The van der Waals surface area contributed by atoms with Crippen LogP contribution in [0.15, 0.2) is 41.4 Å². The van der Waals surface area contributed by atoms with Crippen molar-refractivity contribution in [2.45, 2.75) is 18.2 Å². The molecule has 10 nitrogen and oxygen atoms in total. The Balaban J connectivity index is 1.32. The molecule has 11 heteroatoms. The summed E-state index contributed by atoms with van der Waals surface area (Å²) in [5.74, 6) is 0.389. The van der Waals surface area contributed by atoms with E-state index in [-0.39, 0.29) is 16.8 Å². The van der Waals surface area contributed by atoms with Gasteiger partial charge in [-0.3, -0.25) is 9.69 Å². The predicted molar refractivity (Wildman–Crippen MR) is 123 cm³/mol. The Morgan fingerprint density at radius 3 is 2.48 bits per heavy atom. The quantitative estimate of drug-likeness (QED) is 0.605. The Hall–Kier alpha value is -3.02. The lowest BCUT2D eigenvalue weighted by Crippen LogP contribution is -2.50. The number of hydrogen-bond acceptors (Lipinski definition) is 8. The fraction of sp³-hybridized carbons (Fsp3) is 0.409. The van der Waals surface area contributed by atoms with Crippen LogP contribution in [0, 0.1) is 0 Å². The second-order valence-electron chi connectivity index (χ2n) is 8.02. The lowest BCUT2D eigenvalue weighted by atomic mass is 10.2. The maximum absolute atomic E-state index is 12.9. The summed E-state index contributed by atoms with van der Waals surface area (Å²) in [7, 11) is -3.77. The van der Waals surface area contributed by atoms with Gasteiger partial charge in [0.2, 0.25) is 15.9 Å². The second kappa shape index (κ2) is 9.46. The minimum absolute atomic E-state index is 0.0116. The van der Waals surface area contributed by atoms with Crippen molar-refractivity contribution in [1.29, 1.82) is 0 Å². The molecule has 0 atom stereocenters. The monoisotopic (exact) mass is 473 g/mol. The van der Waals surface area contributed by atoms with Crippen LogP contribution in [0.3, 0.4) is 0 Å². The third-order valence-corrected chi connectivity index (χ3v) is 6.80. The summed E-state index contributed by atoms with van der Waals surface area (Å²) in [5.41, 5.74) is 1.99. The highest BCUT2D eigenvalue weighted by Gasteiger charge is 2.28. The fourth-order valence-electron chi connectivity index (χ4n) is 4.13. The van der Waals surface area contributed by atoms with E-state index in [9.17, 15) is 18.0 Å². The molecule has 1 saturated heterocycles. The van der Waals surface area contributed by atoms with Gasteiger partial charge in [-0.05, 0) is 49.2 Å². The number of hydrogen-bond donors (Lipinski definition) is 1. The van der Waals surface area contributed by atoms with Crippen LogP contribution in [0.4, 0.5) is 11.5 Å². The van der Waals surface area contributed by atoms with Gasteiger partial charge < -0.3 is 14.5 Å². The van der Waals surface area contributed by atoms with E-state index >= 15 is 0 Å². The molecule has 0 spiro atoms. The summed E-state index contributed by atoms with van der Waals surface area (Å²) in [5, 5.41) is 5.21. The van der Waals surface area contributed by atoms with Gasteiger partial charge in [0.1, 0.15) is 5.82 Å². The first-order valence-electron chi connectivity index (χ1n) is 10.8. The maximum Gasteiger partial charge on any atom is 0.339 e. The third-order valence-electron chi connectivity index (χ3n) is 5.89. The Morgan fingerprint density at radius 2 is 1.85 bits per heavy atom. The van der Waals surface area contributed by atoms with Crippen molar-refractivity contribution in [3.8, 4) is 0 Å². The van der Waals surface area contributed by atoms with Crippen LogP contribution >= 0.6 is 0 Å². The molecule has 2 aliphatic heterocycles. The molecule has 176 valence electrons. The van der Waals surface area contributed by atoms with Crippen molar-refractivity contribution >= 4 is 33.4 Å². The molecule has 4 rings (SSSR count). The molecule has 2 aliphatic rings. The number of pyridine rings is 1. The first kappa shape index (κ1) is 23.1. The highest BCUT2D eigenvalue weighted by atomic mass is 32.2. The van der Waals surface area contributed by atoms with Crippen LogP contribution in [0.1, 0.15) is 22.8 Å². The zero-order valence-corrected chi connectivity index (χ0v) is 19.3. The molecule has 0 aliphatic carbocycles. The lowest BCUT2D eigenvalue weighted by Gasteiger charge is -2.35. The number of carbonyl (C=O) groups is 2. The van der Waals surface area contributed by atoms with Crippen LogP contribution < -0.4 is 14.9 Å². The van der Waals surface area contributed by atoms with E-state index in [1.165, 1.54) is 12.3 Å². The minimum atomic E-state index is -3.77. The molecule has 2 aromatic rings. The molecule has 1 fully saturated rings. The molecular formula is C22H27N5O5S. The number of anilines is 2. The molecule has 0 unspecified atom stereocenters. The Morgan fingerprint density at radius 1 is 1.09 bits per heavy atom. The zero-order chi connectivity index (χ0) is 23.6. The minimum Gasteiger partial charge on any atom is -0.462 e. The third kappa shape index (κ3) is 5.15. The average Bonchev–Trinajstić information content (AvgIpc) is 3.23. The van der Waals surface area contributed by atoms with E-state index in [1.807, 2.05) is 6.07 Å². The number of ether oxygens (including phenoxy) is 1. The van der Waals surface area contributed by atoms with Crippen LogP contribution in [-0.2, 0) is 26.0 Å². The normalized spacial score (nSPS) is 16.5. The van der Waals surface area contributed by atoms with Crippen molar-refractivity contribution in [2.75, 3.05) is 55.7 Å². The average molecular weight is 474 g/mol. The fourth-order valence-corrected chi connectivity index (χ4v) is 4.70. The summed E-state index contributed by atoms with van der Waals surface area (Å²) in [4.78, 5) is 35.1. The summed E-state index contributed by atoms with van der Waals surface area (Å²) < 4.78 is 28.1. The van der Waals surface area contributed by atoms with Gasteiger partial charge in [0.15, 0.2) is 0 Å². The van der Waals surface area contributed by atoms with Gasteiger partial charge in [0.25, 0.3) is 0 Å². The number of nitrogens with zero attached hydrogens (tertiary/aromatic N) is 4. The Kier molecular flexibility index (Phi) is 6.63. The van der Waals surface area contributed by atoms with Gasteiger partial charge in [-0.25, -0.2) is 23.3 Å². The number of aromatic nitrogens is 1. The summed E-state index contributed by atoms with van der Waals surface area (Å²) in [6.45, 7) is 5.74. The Labute approximate surface area is 193 Å². The number of sulfonamides is 1. The molecule has 1 aromatic carbocycles. The molecule has 0 bridgehead atoms. The molecule has 2 N–H and O–H groups in total. The number of rotatable bonds is 6.